The van der Waals surface area contributed by atoms with Gasteiger partial charge in [0.1, 0.15) is 16.1 Å². The number of phenols is 2. The third-order valence-electron chi connectivity index (χ3n) is 7.88. The van der Waals surface area contributed by atoms with Crippen LogP contribution in [0.2, 0.25) is 4.34 Å². The molecule has 2 saturated heterocycles. The molecule has 3 fully saturated rings. The number of thiazole rings is 1. The molecule has 1 saturated carbocycles. The van der Waals surface area contributed by atoms with Gasteiger partial charge in [-0.05, 0) is 12.1 Å². The number of rotatable bonds is 10. The van der Waals surface area contributed by atoms with Crippen molar-refractivity contribution in [2.75, 3.05) is 12.3 Å². The van der Waals surface area contributed by atoms with Gasteiger partial charge in [0, 0.05) is 19.3 Å². The number of nitrogens with two attached hydrogens (primary N) is 1. The molecule has 19 nitrogen and oxygen atoms in total. The average molecular weight is 694 g/mol. The molecule has 246 valence electrons. The molecule has 3 aliphatic heterocycles. The number of amides is 3. The van der Waals surface area contributed by atoms with Gasteiger partial charge in [-0.1, -0.05) is 28.1 Å². The van der Waals surface area contributed by atoms with Crippen LogP contribution < -0.4 is 5.73 Å². The fourth-order valence-electron chi connectivity index (χ4n) is 5.22. The summed E-state index contributed by atoms with van der Waals surface area (Å²) in [4.78, 5) is 105. The predicted molar refractivity (Wildman–Crippen MR) is 150 cm³/mol. The number of phenolic OH excluding ortho intramolecular Hbond substituents is 2. The summed E-state index contributed by atoms with van der Waals surface area (Å²) in [6.07, 6.45) is -1.49. The van der Waals surface area contributed by atoms with Crippen LogP contribution in [0.25, 0.3) is 0 Å². The predicted octanol–water partition coefficient (Wildman–Crippen LogP) is -0.130. The third kappa shape index (κ3) is 4.96. The number of anilines is 1. The van der Waals surface area contributed by atoms with Gasteiger partial charge >= 0.3 is 23.6 Å². The average Bonchev–Trinajstić information content (AvgIpc) is 3.35. The van der Waals surface area contributed by atoms with E-state index in [1.165, 1.54) is 0 Å². The van der Waals surface area contributed by atoms with E-state index in [1.807, 2.05) is 0 Å². The van der Waals surface area contributed by atoms with E-state index < -0.39 is 101 Å². The van der Waals surface area contributed by atoms with Crippen LogP contribution in [-0.4, -0.2) is 106 Å². The molecule has 1 aromatic carbocycles. The number of carboxylic acid groups (broad SMARTS) is 2. The summed E-state index contributed by atoms with van der Waals surface area (Å²) in [5, 5.41) is 42.9. The second-order valence-corrected chi connectivity index (χ2v) is 12.5. The number of imide groups is 1. The zero-order valence-electron chi connectivity index (χ0n) is 23.4. The molecule has 0 spiro atoms. The van der Waals surface area contributed by atoms with E-state index >= 15 is 0 Å². The van der Waals surface area contributed by atoms with Crippen LogP contribution in [0, 0.1) is 5.92 Å². The summed E-state index contributed by atoms with van der Waals surface area (Å²) >= 11 is 6.93. The van der Waals surface area contributed by atoms with Crippen molar-refractivity contribution in [1.82, 2.24) is 14.9 Å². The minimum Gasteiger partial charge on any atom is -0.504 e. The number of hydrogen-bond acceptors (Lipinski definition) is 16. The normalized spacial score (nSPS) is 24.8. The van der Waals surface area contributed by atoms with Crippen molar-refractivity contribution in [1.29, 1.82) is 0 Å². The number of benzene rings is 1. The Balaban J connectivity index is 1.23. The number of carbonyl (C=O) groups is 7. The molecule has 3 atom stereocenters. The molecule has 4 aliphatic rings. The van der Waals surface area contributed by atoms with Gasteiger partial charge in [-0.3, -0.25) is 28.9 Å². The number of halogens is 1. The molecule has 1 aromatic heterocycles. The number of ether oxygens (including phenoxy) is 1. The standard InChI is InChI=1S/C26H20ClN5O14S/c27-17-16(29-24(28)47-17)15(30-46-25(1-2-25)22(40)41)14(35)3-8-7-44-32(18(8)36)26(23(42)43)6-11(21(39)45-26)31-19(37)9-4-12(33)13(34)5-10(9)20(31)38/h4-5,8,11,33-34H,1-3,6-7H2,(H2,28,29)(H,40,41)(H,42,43)/b30-15+/t8-,11-,26?/m0/s1. The summed E-state index contributed by atoms with van der Waals surface area (Å²) in [6.45, 7) is -0.604. The lowest BCUT2D eigenvalue weighted by Gasteiger charge is -2.31. The number of ketones is 1. The number of carbonyl (C=O) groups excluding carboxylic acids is 5. The lowest BCUT2D eigenvalue weighted by molar-refractivity contribution is -0.256. The number of nitrogen functional groups attached to an aromatic ring is 1. The minimum absolute atomic E-state index is 0.0658. The van der Waals surface area contributed by atoms with Crippen molar-refractivity contribution in [2.24, 2.45) is 11.1 Å². The monoisotopic (exact) mass is 693 g/mol. The first-order valence-corrected chi connectivity index (χ1v) is 14.6. The number of aliphatic carboxylic acids is 2. The van der Waals surface area contributed by atoms with Crippen molar-refractivity contribution in [3.63, 3.8) is 0 Å². The number of Topliss-reactive ketones (excluding diaryl/α,β-unsaturated/α-hetero) is 1. The Morgan fingerprint density at radius 1 is 1.09 bits per heavy atom. The molecule has 3 amide bonds. The van der Waals surface area contributed by atoms with E-state index in [2.05, 4.69) is 10.1 Å². The highest BCUT2D eigenvalue weighted by molar-refractivity contribution is 7.19. The molecule has 47 heavy (non-hydrogen) atoms. The Morgan fingerprint density at radius 3 is 2.21 bits per heavy atom. The van der Waals surface area contributed by atoms with Gasteiger partial charge in [-0.2, -0.15) is 5.06 Å². The van der Waals surface area contributed by atoms with Crippen LogP contribution in [0.4, 0.5) is 5.13 Å². The first kappa shape index (κ1) is 31.6. The van der Waals surface area contributed by atoms with Gasteiger partial charge in [0.25, 0.3) is 17.7 Å². The third-order valence-corrected chi connectivity index (χ3v) is 8.96. The largest absolute Gasteiger partial charge is 0.504 e. The maximum Gasteiger partial charge on any atom is 0.372 e. The highest BCUT2D eigenvalue weighted by Crippen LogP contribution is 2.42. The van der Waals surface area contributed by atoms with Crippen LogP contribution in [0.3, 0.4) is 0 Å². The molecular weight excluding hydrogens is 674 g/mol. The Bertz CT molecular complexity index is 1820. The van der Waals surface area contributed by atoms with Gasteiger partial charge < -0.3 is 35.7 Å². The van der Waals surface area contributed by atoms with Gasteiger partial charge in [0.15, 0.2) is 28.1 Å². The zero-order chi connectivity index (χ0) is 34.2. The molecule has 0 radical (unpaired) electrons. The molecular formula is C26H20ClN5O14S. The van der Waals surface area contributed by atoms with Crippen LogP contribution in [-0.2, 0) is 38.4 Å². The van der Waals surface area contributed by atoms with Crippen LogP contribution in [0.5, 0.6) is 11.5 Å². The number of cyclic esters (lactones) is 1. The maximum absolute atomic E-state index is 13.5. The Morgan fingerprint density at radius 2 is 1.70 bits per heavy atom. The van der Waals surface area contributed by atoms with E-state index in [1.54, 1.807) is 0 Å². The number of oxime groups is 1. The fraction of sp³-hybridized carbons (Fsp3) is 0.346. The summed E-state index contributed by atoms with van der Waals surface area (Å²) in [7, 11) is 0. The quantitative estimate of drug-likeness (QED) is 0.0712. The molecule has 1 unspecified atom stereocenters. The highest BCUT2D eigenvalue weighted by Gasteiger charge is 2.65. The number of hydrogen-bond donors (Lipinski definition) is 5. The van der Waals surface area contributed by atoms with Crippen molar-refractivity contribution in [3.05, 3.63) is 33.3 Å². The second-order valence-electron chi connectivity index (χ2n) is 10.9. The summed E-state index contributed by atoms with van der Waals surface area (Å²) in [5.74, 6) is -11.8. The van der Waals surface area contributed by atoms with E-state index in [0.717, 1.165) is 23.5 Å². The number of carboxylic acids is 2. The van der Waals surface area contributed by atoms with Crippen molar-refractivity contribution < 1.29 is 68.4 Å². The maximum atomic E-state index is 13.5. The first-order valence-electron chi connectivity index (χ1n) is 13.4. The molecule has 2 aromatic rings. The molecule has 6 N–H and O–H groups in total. The molecule has 6 rings (SSSR count). The Kier molecular flexibility index (Phi) is 7.32. The highest BCUT2D eigenvalue weighted by atomic mass is 35.5. The van der Waals surface area contributed by atoms with Crippen molar-refractivity contribution >= 4 is 75.2 Å². The molecule has 4 heterocycles. The number of fused-ring (bicyclic) bond motifs is 1. The van der Waals surface area contributed by atoms with Crippen LogP contribution in [0.1, 0.15) is 52.1 Å². The van der Waals surface area contributed by atoms with Gasteiger partial charge in [-0.25, -0.2) is 19.4 Å². The van der Waals surface area contributed by atoms with Crippen molar-refractivity contribution in [3.8, 4) is 11.5 Å². The molecule has 1 aliphatic carbocycles. The fourth-order valence-corrected chi connectivity index (χ4v) is 6.15. The summed E-state index contributed by atoms with van der Waals surface area (Å²) < 4.78 is 5.00. The number of hydroxylamine groups is 2. The number of aromatic hydroxyl groups is 2. The topological polar surface area (TPSA) is 286 Å². The van der Waals surface area contributed by atoms with Crippen LogP contribution in [0.15, 0.2) is 17.3 Å². The second kappa shape index (κ2) is 10.9. The number of aromatic nitrogens is 1. The van der Waals surface area contributed by atoms with E-state index in [9.17, 15) is 54.0 Å². The van der Waals surface area contributed by atoms with E-state index in [-0.39, 0.29) is 44.2 Å². The molecule has 0 bridgehead atoms. The van der Waals surface area contributed by atoms with E-state index in [0.29, 0.717) is 4.90 Å². The molecule has 21 heteroatoms. The lowest BCUT2D eigenvalue weighted by atomic mass is 9.98. The lowest BCUT2D eigenvalue weighted by Crippen LogP contribution is -2.56. The Labute approximate surface area is 269 Å². The van der Waals surface area contributed by atoms with Gasteiger partial charge in [-0.15, -0.1) is 0 Å². The zero-order valence-corrected chi connectivity index (χ0v) is 24.9. The van der Waals surface area contributed by atoms with Gasteiger partial charge in [0.2, 0.25) is 5.60 Å². The van der Waals surface area contributed by atoms with Crippen LogP contribution >= 0.6 is 22.9 Å². The SMILES string of the molecule is Nc1nc(/C(=N/OC2(C(=O)O)CC2)C(=O)C[C@H]2CON(C3(C(=O)O)C[C@H](N4C(=O)c5cc(O)c(O)cc5C4=O)C(=O)O3)C2=O)c(Cl)s1. The number of esters is 1. The van der Waals surface area contributed by atoms with Gasteiger partial charge in [0.05, 0.1) is 30.1 Å². The van der Waals surface area contributed by atoms with E-state index in [4.69, 9.17) is 31.7 Å². The number of nitrogens with zero attached hydrogens (tertiary/aromatic N) is 4. The van der Waals surface area contributed by atoms with Crippen molar-refractivity contribution in [2.45, 2.75) is 43.1 Å². The summed E-state index contributed by atoms with van der Waals surface area (Å²) in [5.41, 5.74) is -0.447. The minimum atomic E-state index is -2.89. The Hall–Kier alpha value is -5.34. The summed E-state index contributed by atoms with van der Waals surface area (Å²) in [6, 6.07) is -0.282. The first-order chi connectivity index (χ1) is 22.1. The smallest absolute Gasteiger partial charge is 0.372 e.